The molecule has 432 valence electrons. The molecule has 81 heavy (non-hydrogen) atoms. The Kier molecular flexibility index (Phi) is 16.4. The number of benzene rings is 4. The number of alkyl carbamates (subject to hydrolysis) is 2. The molecule has 0 radical (unpaired) electrons. The number of amides is 4. The lowest BCUT2D eigenvalue weighted by Crippen LogP contribution is -2.54. The summed E-state index contributed by atoms with van der Waals surface area (Å²) in [5.41, 5.74) is 1.07. The molecule has 0 aliphatic carbocycles. The summed E-state index contributed by atoms with van der Waals surface area (Å²) in [6.45, 7) is 4.11. The molecule has 8 atom stereocenters. The van der Waals surface area contributed by atoms with Crippen LogP contribution in [-0.2, 0) is 28.5 Å². The number of aromatic nitrogens is 4. The molecule has 2 aromatic heterocycles. The molecule has 6 aromatic rings. The third-order valence-electron chi connectivity index (χ3n) is 16.7. The number of halogens is 6. The Hall–Kier alpha value is -7.60. The van der Waals surface area contributed by atoms with E-state index in [0.717, 1.165) is 12.1 Å². The van der Waals surface area contributed by atoms with Gasteiger partial charge in [0.15, 0.2) is 11.6 Å². The van der Waals surface area contributed by atoms with Crippen molar-refractivity contribution in [3.8, 4) is 0 Å². The Bertz CT molecular complexity index is 3160. The zero-order valence-electron chi connectivity index (χ0n) is 45.6. The number of likely N-dealkylation sites (tertiary alicyclic amines) is 2. The van der Waals surface area contributed by atoms with E-state index < -0.39 is 113 Å². The van der Waals surface area contributed by atoms with Gasteiger partial charge in [-0.15, -0.1) is 0 Å². The van der Waals surface area contributed by atoms with E-state index in [9.17, 15) is 28.0 Å². The van der Waals surface area contributed by atoms with Crippen LogP contribution in [0.5, 0.6) is 0 Å². The van der Waals surface area contributed by atoms with Crippen LogP contribution in [0.3, 0.4) is 0 Å². The fraction of sp³-hybridized carbons (Fsp3) is 0.474. The Labute approximate surface area is 462 Å². The predicted octanol–water partition coefficient (Wildman–Crippen LogP) is 9.59. The summed E-state index contributed by atoms with van der Waals surface area (Å²) in [6, 6.07) is 6.26. The highest BCUT2D eigenvalue weighted by atomic mass is 19.2. The number of carbonyl (C=O) groups excluding carboxylic acids is 4. The highest BCUT2D eigenvalue weighted by molar-refractivity contribution is 5.88. The van der Waals surface area contributed by atoms with Gasteiger partial charge in [-0.05, 0) is 108 Å². The smallest absolute Gasteiger partial charge is 0.407 e. The number of hydrogen-bond acceptors (Lipinski definition) is 12. The number of H-pyrrole nitrogens is 2. The van der Waals surface area contributed by atoms with Gasteiger partial charge in [0.2, 0.25) is 11.8 Å². The van der Waals surface area contributed by atoms with E-state index in [1.54, 1.807) is 40.7 Å². The normalized spacial score (nSPS) is 21.2. The number of imidazole rings is 2. The summed E-state index contributed by atoms with van der Waals surface area (Å²) in [6.07, 6.45) is -0.113. The number of rotatable bonds is 15. The van der Waals surface area contributed by atoms with Crippen molar-refractivity contribution in [1.82, 2.24) is 40.4 Å². The van der Waals surface area contributed by atoms with Crippen LogP contribution in [0.15, 0.2) is 54.6 Å². The summed E-state index contributed by atoms with van der Waals surface area (Å²) in [5, 5.41) is 5.12. The highest BCUT2D eigenvalue weighted by Gasteiger charge is 2.43. The lowest BCUT2D eigenvalue weighted by atomic mass is 9.88. The van der Waals surface area contributed by atoms with Crippen LogP contribution in [0.25, 0.3) is 22.1 Å². The van der Waals surface area contributed by atoms with Crippen LogP contribution in [0.2, 0.25) is 0 Å². The Balaban J connectivity index is 0.997. The molecule has 24 heteroatoms. The minimum atomic E-state index is -1.10. The second-order valence-corrected chi connectivity index (χ2v) is 21.2. The van der Waals surface area contributed by atoms with Crippen molar-refractivity contribution < 1.29 is 64.5 Å². The van der Waals surface area contributed by atoms with E-state index in [1.165, 1.54) is 63.7 Å². The van der Waals surface area contributed by atoms with Gasteiger partial charge in [0.05, 0.1) is 72.7 Å². The van der Waals surface area contributed by atoms with E-state index in [1.807, 2.05) is 0 Å². The number of anilines is 2. The Morgan fingerprint density at radius 3 is 1.43 bits per heavy atom. The number of carbonyl (C=O) groups is 4. The number of piperidine rings is 1. The third-order valence-corrected chi connectivity index (χ3v) is 16.7. The summed E-state index contributed by atoms with van der Waals surface area (Å²) >= 11 is 0. The van der Waals surface area contributed by atoms with Gasteiger partial charge in [-0.3, -0.25) is 9.59 Å². The number of aromatic amines is 2. The van der Waals surface area contributed by atoms with Crippen LogP contribution >= 0.6 is 0 Å². The van der Waals surface area contributed by atoms with Gasteiger partial charge in [-0.1, -0.05) is 6.07 Å². The highest BCUT2D eigenvalue weighted by Crippen LogP contribution is 2.50. The lowest BCUT2D eigenvalue weighted by molar-refractivity contribution is -0.138. The van der Waals surface area contributed by atoms with Crippen molar-refractivity contribution >= 4 is 57.4 Å². The van der Waals surface area contributed by atoms with Gasteiger partial charge in [-0.25, -0.2) is 45.9 Å². The number of nitrogens with one attached hydrogen (secondary N) is 4. The second kappa shape index (κ2) is 23.5. The topological polar surface area (TPSA) is 200 Å². The van der Waals surface area contributed by atoms with Crippen molar-refractivity contribution in [3.63, 3.8) is 0 Å². The summed E-state index contributed by atoms with van der Waals surface area (Å²) in [7, 11) is 5.19. The number of methoxy groups -OCH3 is 4. The monoisotopic (exact) mass is 1130 g/mol. The first-order chi connectivity index (χ1) is 38.9. The number of ether oxygens (including phenoxy) is 4. The SMILES string of the molecule is COC(=O)N[C@H](C(=O)N1CCC[C@H]1c1nc2cc(F)c([C@@H]3CC[C@@H](c4cc5[nH]c([C@@H]6CCCN6C(=O)[C@@H](NC(=O)OC)[C@@H](C)OC)nc5cc4F)N3c3cc(F)c(N4CCC(c5c(F)cccc5F)CC4)c(F)c3)cc2[nH]1)[C@@H](C)OC. The fourth-order valence-electron chi connectivity index (χ4n) is 12.4. The Morgan fingerprint density at radius 1 is 0.568 bits per heavy atom. The molecule has 6 heterocycles. The first kappa shape index (κ1) is 56.7. The molecule has 4 amide bonds. The van der Waals surface area contributed by atoms with Crippen LogP contribution < -0.4 is 20.4 Å². The lowest BCUT2D eigenvalue weighted by Gasteiger charge is -2.36. The summed E-state index contributed by atoms with van der Waals surface area (Å²) in [4.78, 5) is 75.0. The zero-order chi connectivity index (χ0) is 57.6. The summed E-state index contributed by atoms with van der Waals surface area (Å²) < 4.78 is 118. The van der Waals surface area contributed by atoms with Gasteiger partial charge in [0.25, 0.3) is 0 Å². The average Bonchev–Trinajstić information content (AvgIpc) is 4.46. The van der Waals surface area contributed by atoms with Crippen molar-refractivity contribution in [2.45, 2.75) is 120 Å². The number of nitrogens with zero attached hydrogens (tertiary/aromatic N) is 6. The molecule has 0 unspecified atom stereocenters. The largest absolute Gasteiger partial charge is 0.453 e. The molecule has 4 aromatic carbocycles. The van der Waals surface area contributed by atoms with Crippen LogP contribution in [0.4, 0.5) is 47.3 Å². The van der Waals surface area contributed by atoms with E-state index in [0.29, 0.717) is 61.5 Å². The molecule has 0 saturated carbocycles. The van der Waals surface area contributed by atoms with Crippen molar-refractivity contribution in [1.29, 1.82) is 0 Å². The maximum atomic E-state index is 17.0. The van der Waals surface area contributed by atoms with E-state index in [-0.39, 0.29) is 77.9 Å². The third kappa shape index (κ3) is 10.9. The molecule has 4 saturated heterocycles. The fourth-order valence-corrected chi connectivity index (χ4v) is 12.4. The molecule has 4 aliphatic heterocycles. The van der Waals surface area contributed by atoms with Crippen LogP contribution in [0, 0.1) is 34.9 Å². The van der Waals surface area contributed by atoms with Gasteiger partial charge in [-0.2, -0.15) is 0 Å². The number of fused-ring (bicyclic) bond motifs is 2. The first-order valence-corrected chi connectivity index (χ1v) is 27.1. The molecule has 4 N–H and O–H groups in total. The van der Waals surface area contributed by atoms with Crippen molar-refractivity contribution in [2.75, 3.05) is 64.4 Å². The molecular formula is C57H64F6N10O8. The molecular weight excluding hydrogens is 1070 g/mol. The van der Waals surface area contributed by atoms with Gasteiger partial charge in [0, 0.05) is 74.9 Å². The maximum Gasteiger partial charge on any atom is 0.407 e. The van der Waals surface area contributed by atoms with Gasteiger partial charge >= 0.3 is 12.2 Å². The van der Waals surface area contributed by atoms with Gasteiger partial charge in [0.1, 0.15) is 52.7 Å². The molecule has 4 fully saturated rings. The van der Waals surface area contributed by atoms with E-state index in [4.69, 9.17) is 28.9 Å². The predicted molar refractivity (Wildman–Crippen MR) is 285 cm³/mol. The maximum absolute atomic E-state index is 17.0. The molecule has 4 aliphatic rings. The standard InChI is InChI=1S/C57H64F6N10O8/c1-28(78-3)49(68-56(76)80-5)54(74)71-18-8-12-46(71)52-64-40-24-32(36(60)26-42(40)66-52)44-14-15-45(73(44)31-22-38(62)51(39(63)23-31)70-20-16-30(17-21-70)48-34(58)10-7-11-35(48)59)33-25-41-43(27-37(33)61)67-53(65-41)47-13-9-19-72(47)55(75)50(29(2)79-4)69-57(77)81-6/h7,10-11,22-30,44-47,49-50H,8-9,12-21H2,1-6H3,(H,64,66)(H,65,67)(H,68,76)(H,69,77)/t28-,29-,44+,45+,46+,47+,49+,50+/m1/s1. The minimum Gasteiger partial charge on any atom is -0.453 e. The van der Waals surface area contributed by atoms with Crippen LogP contribution in [-0.4, -0.2) is 133 Å². The molecule has 18 nitrogen and oxygen atoms in total. The van der Waals surface area contributed by atoms with Gasteiger partial charge < -0.3 is 59.1 Å². The zero-order valence-corrected chi connectivity index (χ0v) is 45.6. The second-order valence-electron chi connectivity index (χ2n) is 21.2. The number of hydrogen-bond donors (Lipinski definition) is 4. The molecule has 0 bridgehead atoms. The quantitative estimate of drug-likeness (QED) is 0.0711. The van der Waals surface area contributed by atoms with Crippen molar-refractivity contribution in [3.05, 3.63) is 118 Å². The van der Waals surface area contributed by atoms with E-state index >= 15 is 17.6 Å². The van der Waals surface area contributed by atoms with Crippen LogP contribution in [0.1, 0.15) is 124 Å². The first-order valence-electron chi connectivity index (χ1n) is 27.1. The Morgan fingerprint density at radius 2 is 1.01 bits per heavy atom. The minimum absolute atomic E-state index is 0.0137. The molecule has 10 rings (SSSR count). The van der Waals surface area contributed by atoms with Crippen molar-refractivity contribution in [2.24, 2.45) is 0 Å². The van der Waals surface area contributed by atoms with E-state index in [2.05, 4.69) is 20.6 Å². The summed E-state index contributed by atoms with van der Waals surface area (Å²) in [5.74, 6) is -5.35. The average molecular weight is 1130 g/mol. The molecule has 0 spiro atoms.